The molecule has 0 aliphatic rings. The van der Waals surface area contributed by atoms with Crippen molar-refractivity contribution in [2.45, 2.75) is 0 Å². The molecule has 204 valence electrons. The number of esters is 2. The molecule has 4 rings (SSSR count). The van der Waals surface area contributed by atoms with E-state index in [1.54, 1.807) is 48.5 Å². The molecule has 0 aliphatic carbocycles. The molecule has 2 aromatic heterocycles. The highest BCUT2D eigenvalue weighted by atomic mass is 79.9. The van der Waals surface area contributed by atoms with E-state index in [9.17, 15) is 34.2 Å². The maximum atomic E-state index is 11.3. The highest BCUT2D eigenvalue weighted by Gasteiger charge is 2.19. The number of nitro groups is 2. The van der Waals surface area contributed by atoms with E-state index in [0.29, 0.717) is 33.9 Å². The van der Waals surface area contributed by atoms with Crippen molar-refractivity contribution in [1.29, 1.82) is 0 Å². The summed E-state index contributed by atoms with van der Waals surface area (Å²) in [5.41, 5.74) is 2.07. The Hall–Kier alpha value is -4.99. The van der Waals surface area contributed by atoms with Crippen LogP contribution in [-0.4, -0.2) is 63.1 Å². The number of ether oxygens (including phenoxy) is 2. The summed E-state index contributed by atoms with van der Waals surface area (Å²) in [7, 11) is 1.59. The third-order valence-corrected chi connectivity index (χ3v) is 5.30. The first kappa shape index (κ1) is 28.6. The lowest BCUT2D eigenvalue weighted by Crippen LogP contribution is -2.00. The molecule has 0 amide bonds. The van der Waals surface area contributed by atoms with E-state index in [2.05, 4.69) is 45.3 Å². The molecule has 0 fully saturated rings. The number of carbonyl (C=O) groups excluding carboxylic acids is 2. The van der Waals surface area contributed by atoms with E-state index >= 15 is 0 Å². The van der Waals surface area contributed by atoms with Crippen molar-refractivity contribution in [2.75, 3.05) is 21.4 Å². The van der Waals surface area contributed by atoms with Crippen LogP contribution in [0.25, 0.3) is 22.8 Å². The van der Waals surface area contributed by atoms with E-state index in [0.717, 1.165) is 6.20 Å². The number of hydrogen-bond donors (Lipinski definition) is 2. The maximum Gasteiger partial charge on any atom is 0.355 e. The van der Waals surface area contributed by atoms with Gasteiger partial charge in [0.05, 0.1) is 33.9 Å². The zero-order valence-corrected chi connectivity index (χ0v) is 21.8. The lowest BCUT2D eigenvalue weighted by Gasteiger charge is -1.99. The molecular weight excluding hydrogens is 587 g/mol. The number of benzene rings is 2. The van der Waals surface area contributed by atoms with Gasteiger partial charge in [-0.25, -0.2) is 24.5 Å². The molecule has 2 aromatic carbocycles. The molecule has 39 heavy (non-hydrogen) atoms. The summed E-state index contributed by atoms with van der Waals surface area (Å²) < 4.78 is 24.8. The van der Waals surface area contributed by atoms with Crippen LogP contribution in [0.2, 0.25) is 0 Å². The minimum atomic E-state index is -1.00. The van der Waals surface area contributed by atoms with E-state index < -0.39 is 28.9 Å². The topological polar surface area (TPSA) is 196 Å². The first-order valence-electron chi connectivity index (χ1n) is 11.1. The molecule has 2 N–H and O–H groups in total. The molecule has 16 heteroatoms. The summed E-state index contributed by atoms with van der Waals surface area (Å²) in [5, 5.41) is 21.2. The quantitative estimate of drug-likeness (QED) is 0.173. The number of H-pyrrole nitrogens is 2. The molecule has 0 saturated heterocycles. The van der Waals surface area contributed by atoms with Gasteiger partial charge in [-0.1, -0.05) is 0 Å². The van der Waals surface area contributed by atoms with E-state index in [4.69, 9.17) is 1.37 Å². The number of aromatic amines is 2. The Kier molecular flexibility index (Phi) is 10.3. The van der Waals surface area contributed by atoms with Gasteiger partial charge in [0.25, 0.3) is 0 Å². The van der Waals surface area contributed by atoms with E-state index in [1.807, 2.05) is 0 Å². The third-order valence-electron chi connectivity index (χ3n) is 4.74. The fourth-order valence-electron chi connectivity index (χ4n) is 2.92. The van der Waals surface area contributed by atoms with Crippen LogP contribution in [0, 0.1) is 20.2 Å². The van der Waals surface area contributed by atoms with Crippen molar-refractivity contribution in [3.05, 3.63) is 90.7 Å². The minimum Gasteiger partial charge on any atom is -0.465 e. The van der Waals surface area contributed by atoms with Crippen LogP contribution in [0.15, 0.2) is 59.3 Å². The summed E-state index contributed by atoms with van der Waals surface area (Å²) in [5.74, 6) is -0.563. The second-order valence-electron chi connectivity index (χ2n) is 6.99. The summed E-state index contributed by atoms with van der Waals surface area (Å²) in [6.45, 7) is 0. The van der Waals surface area contributed by atoms with Crippen molar-refractivity contribution in [3.63, 3.8) is 0 Å². The molecule has 0 saturated carbocycles. The Morgan fingerprint density at radius 1 is 0.897 bits per heavy atom. The van der Waals surface area contributed by atoms with Gasteiger partial charge in [-0.3, -0.25) is 4.39 Å². The normalized spacial score (nSPS) is 10.1. The summed E-state index contributed by atoms with van der Waals surface area (Å²) in [4.78, 5) is 55.6. The number of imidazole rings is 2. The van der Waals surface area contributed by atoms with Gasteiger partial charge in [0.15, 0.2) is 0 Å². The number of nitrogens with zero attached hydrogens (tertiary/aromatic N) is 4. The number of aromatic nitrogens is 4. The summed E-state index contributed by atoms with van der Waals surface area (Å²) in [6, 6.07) is 12.8. The van der Waals surface area contributed by atoms with Crippen molar-refractivity contribution in [3.8, 4) is 22.8 Å². The molecule has 0 aliphatic heterocycles. The minimum absolute atomic E-state index is 0.129. The second kappa shape index (κ2) is 14.1. The largest absolute Gasteiger partial charge is 0.465 e. The standard InChI is InChI=1S/C11H8BrN3O4.C11H9N3O4.CH3F/c1-19-11(16)7-4-2-6(3-5-7)9-13-8(12)10(14-9)15(17)18;1-18-11(15)8-4-2-7(3-5-8)10-12-6-9(13-10)14(16)17;1-2/h2-5H,1H3,(H,13,14);2-6H,1H3,(H,12,13);1H3/i;;1D. The molecule has 0 unspecified atom stereocenters. The predicted molar refractivity (Wildman–Crippen MR) is 139 cm³/mol. The van der Waals surface area contributed by atoms with Crippen molar-refractivity contribution >= 4 is 39.5 Å². The molecule has 0 bridgehead atoms. The van der Waals surface area contributed by atoms with Crippen LogP contribution in [0.5, 0.6) is 0 Å². The zero-order chi connectivity index (χ0) is 29.8. The van der Waals surface area contributed by atoms with Crippen molar-refractivity contribution in [2.24, 2.45) is 0 Å². The Balaban J connectivity index is 0.000000256. The molecule has 0 atom stereocenters. The van der Waals surface area contributed by atoms with Crippen LogP contribution >= 0.6 is 15.9 Å². The second-order valence-corrected chi connectivity index (χ2v) is 7.75. The maximum absolute atomic E-state index is 11.3. The van der Waals surface area contributed by atoms with Gasteiger partial charge in [0, 0.05) is 11.1 Å². The van der Waals surface area contributed by atoms with Crippen LogP contribution in [-0.2, 0) is 9.47 Å². The van der Waals surface area contributed by atoms with E-state index in [1.165, 1.54) is 14.2 Å². The summed E-state index contributed by atoms with van der Waals surface area (Å²) >= 11 is 3.01. The fourth-order valence-corrected chi connectivity index (χ4v) is 3.34. The number of rotatable bonds is 6. The number of carbonyl (C=O) groups is 2. The number of nitrogens with one attached hydrogen (secondary N) is 2. The number of methoxy groups -OCH3 is 2. The van der Waals surface area contributed by atoms with Gasteiger partial charge in [-0.15, -0.1) is 0 Å². The molecule has 0 radical (unpaired) electrons. The average Bonchev–Trinajstić information content (AvgIpc) is 3.61. The Labute approximate surface area is 229 Å². The van der Waals surface area contributed by atoms with E-state index in [-0.39, 0.29) is 16.2 Å². The van der Waals surface area contributed by atoms with Gasteiger partial charge in [0.2, 0.25) is 16.3 Å². The smallest absolute Gasteiger partial charge is 0.355 e. The van der Waals surface area contributed by atoms with Gasteiger partial charge in [-0.2, -0.15) is 4.98 Å². The average molecular weight is 608 g/mol. The molecule has 0 spiro atoms. The Morgan fingerprint density at radius 2 is 1.36 bits per heavy atom. The third kappa shape index (κ3) is 7.75. The molecule has 14 nitrogen and oxygen atoms in total. The Morgan fingerprint density at radius 3 is 1.72 bits per heavy atom. The zero-order valence-electron chi connectivity index (χ0n) is 21.2. The number of alkyl halides is 1. The van der Waals surface area contributed by atoms with Crippen molar-refractivity contribution < 1.29 is 34.7 Å². The van der Waals surface area contributed by atoms with Gasteiger partial charge in [0.1, 0.15) is 6.20 Å². The first-order valence-corrected chi connectivity index (χ1v) is 11.2. The molecule has 4 aromatic rings. The van der Waals surface area contributed by atoms with Crippen molar-refractivity contribution in [1.82, 2.24) is 19.9 Å². The fraction of sp³-hybridized carbons (Fsp3) is 0.130. The lowest BCUT2D eigenvalue weighted by molar-refractivity contribution is -0.390. The highest BCUT2D eigenvalue weighted by molar-refractivity contribution is 9.10. The van der Waals surface area contributed by atoms with Crippen LogP contribution in [0.4, 0.5) is 16.0 Å². The van der Waals surface area contributed by atoms with Gasteiger partial charge < -0.3 is 29.7 Å². The monoisotopic (exact) mass is 607 g/mol. The van der Waals surface area contributed by atoms with Crippen LogP contribution in [0.1, 0.15) is 22.1 Å². The van der Waals surface area contributed by atoms with Crippen LogP contribution < -0.4 is 0 Å². The molecule has 2 heterocycles. The van der Waals surface area contributed by atoms with Gasteiger partial charge >= 0.3 is 23.6 Å². The Bertz CT molecular complexity index is 1480. The van der Waals surface area contributed by atoms with Gasteiger partial charge in [-0.05, 0) is 74.3 Å². The SMILES string of the molecule is COC(=O)c1ccc(-c2nc(Br)c([N+](=O)[O-])[nH]2)cc1.COC(=O)c1ccc(-c2ncc([N+](=O)[O-])[nH]2)cc1.[2H]CF. The molecular formula is C23H20BrFN6O8. The van der Waals surface area contributed by atoms with Crippen LogP contribution in [0.3, 0.4) is 0 Å². The summed E-state index contributed by atoms with van der Waals surface area (Å²) in [6.07, 6.45) is 1.14. The first-order chi connectivity index (χ1) is 19.1. The number of halogens is 2. The predicted octanol–water partition coefficient (Wildman–Crippen LogP) is 4.89. The number of hydrogen-bond acceptors (Lipinski definition) is 10. The highest BCUT2D eigenvalue weighted by Crippen LogP contribution is 2.27. The lowest BCUT2D eigenvalue weighted by atomic mass is 10.1.